The first-order valence-electron chi connectivity index (χ1n) is 5.07. The van der Waals surface area contributed by atoms with Crippen molar-refractivity contribution < 1.29 is 19.4 Å². The Labute approximate surface area is 104 Å². The van der Waals surface area contributed by atoms with E-state index in [4.69, 9.17) is 9.84 Å². The number of hydrogen-bond acceptors (Lipinski definition) is 4. The van der Waals surface area contributed by atoms with Crippen molar-refractivity contribution in [1.82, 2.24) is 0 Å². The number of aryl methyl sites for hydroxylation is 1. The highest BCUT2D eigenvalue weighted by Gasteiger charge is 2.20. The topological polar surface area (TPSA) is 63.6 Å². The lowest BCUT2D eigenvalue weighted by atomic mass is 10.1. The van der Waals surface area contributed by atoms with Crippen molar-refractivity contribution in [3.63, 3.8) is 0 Å². The summed E-state index contributed by atoms with van der Waals surface area (Å²) in [5.74, 6) is -1.81. The summed E-state index contributed by atoms with van der Waals surface area (Å²) in [6.45, 7) is 1.97. The number of rotatable bonds is 5. The Balaban J connectivity index is 3.38. The lowest BCUT2D eigenvalue weighted by Gasteiger charge is -2.11. The molecule has 0 aliphatic carbocycles. The van der Waals surface area contributed by atoms with Gasteiger partial charge in [-0.25, -0.2) is 4.79 Å². The van der Waals surface area contributed by atoms with E-state index in [0.717, 1.165) is 12.0 Å². The van der Waals surface area contributed by atoms with Crippen LogP contribution in [0.25, 0.3) is 0 Å². The first-order valence-corrected chi connectivity index (χ1v) is 6.30. The zero-order chi connectivity index (χ0) is 13.0. The number of ketones is 1. The van der Waals surface area contributed by atoms with E-state index in [1.54, 1.807) is 12.3 Å². The van der Waals surface area contributed by atoms with E-state index in [1.807, 2.05) is 6.92 Å². The largest absolute Gasteiger partial charge is 0.496 e. The van der Waals surface area contributed by atoms with E-state index in [1.165, 1.54) is 24.9 Å². The predicted octanol–water partition coefficient (Wildman–Crippen LogP) is 2.25. The molecule has 4 nitrogen and oxygen atoms in total. The van der Waals surface area contributed by atoms with Gasteiger partial charge >= 0.3 is 5.97 Å². The SMILES string of the molecule is CCc1cc(SC)c(C(=O)C(=O)O)cc1OC. The van der Waals surface area contributed by atoms with Gasteiger partial charge in [-0.1, -0.05) is 6.92 Å². The summed E-state index contributed by atoms with van der Waals surface area (Å²) in [5, 5.41) is 8.75. The molecule has 1 aromatic rings. The highest BCUT2D eigenvalue weighted by molar-refractivity contribution is 7.98. The third-order valence-corrected chi connectivity index (χ3v) is 3.20. The molecule has 0 aromatic heterocycles. The Morgan fingerprint density at radius 2 is 2.06 bits per heavy atom. The first-order chi connectivity index (χ1) is 8.04. The fraction of sp³-hybridized carbons (Fsp3) is 0.333. The Kier molecular flexibility index (Phi) is 4.57. The summed E-state index contributed by atoms with van der Waals surface area (Å²) in [6, 6.07) is 3.31. The standard InChI is InChI=1S/C12H14O4S/c1-4-7-5-10(17-3)8(6-9(7)16-2)11(13)12(14)15/h5-6H,4H2,1-3H3,(H,14,15). The normalized spacial score (nSPS) is 10.1. The maximum absolute atomic E-state index is 11.5. The van der Waals surface area contributed by atoms with E-state index in [0.29, 0.717) is 10.6 Å². The van der Waals surface area contributed by atoms with Crippen LogP contribution in [0.3, 0.4) is 0 Å². The number of aliphatic carboxylic acids is 1. The molecule has 0 heterocycles. The number of carbonyl (C=O) groups excluding carboxylic acids is 1. The molecule has 0 aliphatic heterocycles. The molecule has 0 saturated carbocycles. The minimum atomic E-state index is -1.45. The second-order valence-electron chi connectivity index (χ2n) is 3.35. The van der Waals surface area contributed by atoms with Gasteiger partial charge in [-0.05, 0) is 30.4 Å². The lowest BCUT2D eigenvalue weighted by Crippen LogP contribution is -2.14. The number of carboxylic acid groups (broad SMARTS) is 1. The van der Waals surface area contributed by atoms with Gasteiger partial charge in [0.25, 0.3) is 5.78 Å². The number of benzene rings is 1. The van der Waals surface area contributed by atoms with Crippen LogP contribution in [0.4, 0.5) is 0 Å². The van der Waals surface area contributed by atoms with Gasteiger partial charge in [-0.3, -0.25) is 4.79 Å². The quantitative estimate of drug-likeness (QED) is 0.496. The Morgan fingerprint density at radius 1 is 1.41 bits per heavy atom. The maximum atomic E-state index is 11.5. The Morgan fingerprint density at radius 3 is 2.47 bits per heavy atom. The Hall–Kier alpha value is -1.49. The summed E-state index contributed by atoms with van der Waals surface area (Å²) < 4.78 is 5.15. The lowest BCUT2D eigenvalue weighted by molar-refractivity contribution is -0.131. The molecular weight excluding hydrogens is 240 g/mol. The number of thioether (sulfide) groups is 1. The van der Waals surface area contributed by atoms with E-state index < -0.39 is 11.8 Å². The molecule has 1 aromatic carbocycles. The molecule has 5 heteroatoms. The number of methoxy groups -OCH3 is 1. The highest BCUT2D eigenvalue weighted by Crippen LogP contribution is 2.30. The molecule has 0 radical (unpaired) electrons. The van der Waals surface area contributed by atoms with Crippen LogP contribution in [0.1, 0.15) is 22.8 Å². The van der Waals surface area contributed by atoms with Crippen LogP contribution < -0.4 is 4.74 Å². The van der Waals surface area contributed by atoms with Crippen molar-refractivity contribution in [1.29, 1.82) is 0 Å². The van der Waals surface area contributed by atoms with Crippen molar-refractivity contribution in [3.8, 4) is 5.75 Å². The molecule has 0 saturated heterocycles. The van der Waals surface area contributed by atoms with Crippen molar-refractivity contribution in [3.05, 3.63) is 23.3 Å². The fourth-order valence-corrected chi connectivity index (χ4v) is 2.16. The van der Waals surface area contributed by atoms with Crippen LogP contribution in [0.5, 0.6) is 5.75 Å². The number of ether oxygens (including phenoxy) is 1. The zero-order valence-corrected chi connectivity index (χ0v) is 10.8. The van der Waals surface area contributed by atoms with Gasteiger partial charge in [0, 0.05) is 10.5 Å². The Bertz CT molecular complexity index is 454. The number of hydrogen-bond donors (Lipinski definition) is 1. The molecule has 0 unspecified atom stereocenters. The highest BCUT2D eigenvalue weighted by atomic mass is 32.2. The first kappa shape index (κ1) is 13.6. The number of Topliss-reactive ketones (excluding diaryl/α,β-unsaturated/α-hetero) is 1. The van der Waals surface area contributed by atoms with E-state index in [-0.39, 0.29) is 5.56 Å². The average Bonchev–Trinajstić information content (AvgIpc) is 2.35. The molecular formula is C12H14O4S. The van der Waals surface area contributed by atoms with Gasteiger partial charge in [0.05, 0.1) is 7.11 Å². The molecule has 0 spiro atoms. The van der Waals surface area contributed by atoms with Crippen molar-refractivity contribution in [2.24, 2.45) is 0 Å². The van der Waals surface area contributed by atoms with Crippen molar-refractivity contribution >= 4 is 23.5 Å². The summed E-state index contributed by atoms with van der Waals surface area (Å²) in [4.78, 5) is 22.9. The second kappa shape index (κ2) is 5.72. The number of carbonyl (C=O) groups is 2. The van der Waals surface area contributed by atoms with E-state index >= 15 is 0 Å². The van der Waals surface area contributed by atoms with E-state index in [9.17, 15) is 9.59 Å². The molecule has 92 valence electrons. The van der Waals surface area contributed by atoms with Gasteiger partial charge in [0.15, 0.2) is 0 Å². The molecule has 0 amide bonds. The fourth-order valence-electron chi connectivity index (χ4n) is 1.53. The molecule has 1 N–H and O–H groups in total. The van der Waals surface area contributed by atoms with Crippen LogP contribution in [-0.4, -0.2) is 30.2 Å². The third kappa shape index (κ3) is 2.79. The summed E-state index contributed by atoms with van der Waals surface area (Å²) in [6.07, 6.45) is 2.57. The second-order valence-corrected chi connectivity index (χ2v) is 4.20. The smallest absolute Gasteiger partial charge is 0.377 e. The molecule has 17 heavy (non-hydrogen) atoms. The summed E-state index contributed by atoms with van der Waals surface area (Å²) >= 11 is 1.35. The van der Waals surface area contributed by atoms with Crippen molar-refractivity contribution in [2.45, 2.75) is 18.2 Å². The van der Waals surface area contributed by atoms with E-state index in [2.05, 4.69) is 0 Å². The average molecular weight is 254 g/mol. The molecule has 1 rings (SSSR count). The van der Waals surface area contributed by atoms with Gasteiger partial charge in [0.1, 0.15) is 5.75 Å². The van der Waals surface area contributed by atoms with Crippen LogP contribution in [0.15, 0.2) is 17.0 Å². The third-order valence-electron chi connectivity index (χ3n) is 2.42. The molecule has 0 aliphatic rings. The van der Waals surface area contributed by atoms with Crippen LogP contribution in [0, 0.1) is 0 Å². The minimum absolute atomic E-state index is 0.180. The maximum Gasteiger partial charge on any atom is 0.377 e. The van der Waals surface area contributed by atoms with Gasteiger partial charge in [-0.15, -0.1) is 11.8 Å². The molecule has 0 fully saturated rings. The zero-order valence-electron chi connectivity index (χ0n) is 9.94. The van der Waals surface area contributed by atoms with Gasteiger partial charge < -0.3 is 9.84 Å². The number of carboxylic acids is 1. The van der Waals surface area contributed by atoms with Gasteiger partial charge in [-0.2, -0.15) is 0 Å². The monoisotopic (exact) mass is 254 g/mol. The minimum Gasteiger partial charge on any atom is -0.496 e. The van der Waals surface area contributed by atoms with Gasteiger partial charge in [0.2, 0.25) is 0 Å². The van der Waals surface area contributed by atoms with Crippen LogP contribution in [0.2, 0.25) is 0 Å². The molecule has 0 bridgehead atoms. The summed E-state index contributed by atoms with van der Waals surface area (Å²) in [5.41, 5.74) is 1.14. The van der Waals surface area contributed by atoms with Crippen molar-refractivity contribution in [2.75, 3.05) is 13.4 Å². The predicted molar refractivity (Wildman–Crippen MR) is 66.1 cm³/mol. The van der Waals surface area contributed by atoms with Crippen LogP contribution in [-0.2, 0) is 11.2 Å². The van der Waals surface area contributed by atoms with Crippen LogP contribution >= 0.6 is 11.8 Å². The molecule has 0 atom stereocenters. The summed E-state index contributed by atoms with van der Waals surface area (Å²) in [7, 11) is 1.50.